The standard InChI is InChI=1S/C25H26N6/c1-30-13-2-14-31(16-15-30)21-6-3-19(4-7-21)20-5-8-22-23(9-10-27-24(22)17-20)29-25-18-26-11-12-28-25/h3-12,17-18H,2,13-16H2,1H3,(H,27,28,29). The van der Waals surface area contributed by atoms with Crippen LogP contribution in [0.1, 0.15) is 6.42 Å². The Morgan fingerprint density at radius 3 is 2.52 bits per heavy atom. The van der Waals surface area contributed by atoms with Crippen molar-refractivity contribution in [1.29, 1.82) is 0 Å². The lowest BCUT2D eigenvalue weighted by Crippen LogP contribution is -2.28. The summed E-state index contributed by atoms with van der Waals surface area (Å²) in [5.41, 5.74) is 5.59. The molecule has 31 heavy (non-hydrogen) atoms. The zero-order valence-corrected chi connectivity index (χ0v) is 17.7. The van der Waals surface area contributed by atoms with E-state index in [0.717, 1.165) is 42.0 Å². The summed E-state index contributed by atoms with van der Waals surface area (Å²) in [5, 5.41) is 4.39. The average molecular weight is 411 g/mol. The van der Waals surface area contributed by atoms with E-state index in [4.69, 9.17) is 0 Å². The summed E-state index contributed by atoms with van der Waals surface area (Å²) in [6.45, 7) is 4.48. The molecule has 3 heterocycles. The predicted molar refractivity (Wildman–Crippen MR) is 127 cm³/mol. The maximum Gasteiger partial charge on any atom is 0.148 e. The maximum absolute atomic E-state index is 4.59. The fraction of sp³-hybridized carbons (Fsp3) is 0.240. The molecule has 6 heteroatoms. The second-order valence-electron chi connectivity index (χ2n) is 8.00. The van der Waals surface area contributed by atoms with Gasteiger partial charge in [0.1, 0.15) is 5.82 Å². The Bertz CT molecular complexity index is 1160. The number of nitrogens with one attached hydrogen (secondary N) is 1. The van der Waals surface area contributed by atoms with Crippen LogP contribution in [0.25, 0.3) is 22.0 Å². The largest absolute Gasteiger partial charge is 0.370 e. The number of benzene rings is 2. The van der Waals surface area contributed by atoms with Gasteiger partial charge in [-0.2, -0.15) is 0 Å². The molecule has 4 aromatic rings. The molecule has 5 rings (SSSR count). The van der Waals surface area contributed by atoms with Gasteiger partial charge in [-0.1, -0.05) is 24.3 Å². The average Bonchev–Trinajstić information content (AvgIpc) is 3.04. The van der Waals surface area contributed by atoms with Crippen LogP contribution in [0.4, 0.5) is 17.2 Å². The van der Waals surface area contributed by atoms with Gasteiger partial charge in [0.15, 0.2) is 0 Å². The minimum absolute atomic E-state index is 0.717. The van der Waals surface area contributed by atoms with E-state index in [-0.39, 0.29) is 0 Å². The van der Waals surface area contributed by atoms with Gasteiger partial charge >= 0.3 is 0 Å². The van der Waals surface area contributed by atoms with Crippen LogP contribution in [-0.4, -0.2) is 53.1 Å². The van der Waals surface area contributed by atoms with Gasteiger partial charge in [0.05, 0.1) is 17.4 Å². The molecule has 1 saturated heterocycles. The molecule has 6 nitrogen and oxygen atoms in total. The summed E-state index contributed by atoms with van der Waals surface area (Å²) in [6.07, 6.45) is 8.09. The minimum atomic E-state index is 0.717. The Morgan fingerprint density at radius 2 is 1.68 bits per heavy atom. The van der Waals surface area contributed by atoms with Crippen molar-refractivity contribution in [3.05, 3.63) is 73.3 Å². The Kier molecular flexibility index (Phi) is 5.46. The molecule has 1 aliphatic heterocycles. The highest BCUT2D eigenvalue weighted by Crippen LogP contribution is 2.30. The van der Waals surface area contributed by atoms with Gasteiger partial charge in [-0.05, 0) is 55.4 Å². The maximum atomic E-state index is 4.59. The summed E-state index contributed by atoms with van der Waals surface area (Å²) in [5.74, 6) is 0.717. The van der Waals surface area contributed by atoms with Gasteiger partial charge in [0.25, 0.3) is 0 Å². The number of nitrogens with zero attached hydrogens (tertiary/aromatic N) is 5. The summed E-state index contributed by atoms with van der Waals surface area (Å²) in [4.78, 5) is 17.9. The molecule has 0 unspecified atom stereocenters. The second-order valence-corrected chi connectivity index (χ2v) is 8.00. The van der Waals surface area contributed by atoms with Crippen molar-refractivity contribution in [2.24, 2.45) is 0 Å². The third-order valence-corrected chi connectivity index (χ3v) is 5.85. The fourth-order valence-corrected chi connectivity index (χ4v) is 4.11. The lowest BCUT2D eigenvalue weighted by molar-refractivity contribution is 0.360. The van der Waals surface area contributed by atoms with Crippen molar-refractivity contribution < 1.29 is 0 Å². The van der Waals surface area contributed by atoms with E-state index < -0.39 is 0 Å². The molecule has 2 aromatic carbocycles. The number of anilines is 3. The third kappa shape index (κ3) is 4.34. The van der Waals surface area contributed by atoms with E-state index >= 15 is 0 Å². The van der Waals surface area contributed by atoms with Crippen molar-refractivity contribution in [1.82, 2.24) is 19.9 Å². The SMILES string of the molecule is CN1CCCN(c2ccc(-c3ccc4c(Nc5cnccn5)ccnc4c3)cc2)CC1. The number of rotatable bonds is 4. The third-order valence-electron chi connectivity index (χ3n) is 5.85. The molecule has 1 N–H and O–H groups in total. The van der Waals surface area contributed by atoms with Crippen LogP contribution >= 0.6 is 0 Å². The van der Waals surface area contributed by atoms with Crippen LogP contribution in [0.2, 0.25) is 0 Å². The summed E-state index contributed by atoms with van der Waals surface area (Å²) in [7, 11) is 2.20. The Labute approximate surface area is 182 Å². The quantitative estimate of drug-likeness (QED) is 0.532. The van der Waals surface area contributed by atoms with Gasteiger partial charge in [0, 0.05) is 49.3 Å². The molecule has 1 fully saturated rings. The van der Waals surface area contributed by atoms with Crippen LogP contribution in [0, 0.1) is 0 Å². The summed E-state index contributed by atoms with van der Waals surface area (Å²) >= 11 is 0. The number of aromatic nitrogens is 3. The van der Waals surface area contributed by atoms with Gasteiger partial charge in [-0.15, -0.1) is 0 Å². The first kappa shape index (κ1) is 19.5. The summed E-state index contributed by atoms with van der Waals surface area (Å²) in [6, 6.07) is 17.3. The topological polar surface area (TPSA) is 57.2 Å². The molecule has 0 radical (unpaired) electrons. The lowest BCUT2D eigenvalue weighted by atomic mass is 10.0. The van der Waals surface area contributed by atoms with Crippen LogP contribution in [-0.2, 0) is 0 Å². The van der Waals surface area contributed by atoms with Crippen molar-refractivity contribution in [3.63, 3.8) is 0 Å². The van der Waals surface area contributed by atoms with Crippen molar-refractivity contribution in [2.45, 2.75) is 6.42 Å². The molecule has 0 spiro atoms. The van der Waals surface area contributed by atoms with E-state index in [0.29, 0.717) is 0 Å². The molecule has 0 bridgehead atoms. The van der Waals surface area contributed by atoms with E-state index in [1.54, 1.807) is 18.6 Å². The molecule has 156 valence electrons. The van der Waals surface area contributed by atoms with Crippen molar-refractivity contribution in [3.8, 4) is 11.1 Å². The number of hydrogen-bond donors (Lipinski definition) is 1. The van der Waals surface area contributed by atoms with Crippen molar-refractivity contribution >= 4 is 28.1 Å². The predicted octanol–water partition coefficient (Wildman–Crippen LogP) is 4.58. The van der Waals surface area contributed by atoms with Crippen LogP contribution in [0.5, 0.6) is 0 Å². The highest BCUT2D eigenvalue weighted by atomic mass is 15.2. The zero-order chi connectivity index (χ0) is 21.0. The van der Waals surface area contributed by atoms with E-state index in [2.05, 4.69) is 79.6 Å². The highest BCUT2D eigenvalue weighted by molar-refractivity contribution is 5.95. The normalized spacial score (nSPS) is 15.1. The number of likely N-dealkylation sites (N-methyl/N-ethyl adjacent to an activating group) is 1. The van der Waals surface area contributed by atoms with Gasteiger partial charge in [0.2, 0.25) is 0 Å². The van der Waals surface area contributed by atoms with Gasteiger partial charge < -0.3 is 15.1 Å². The molecule has 0 atom stereocenters. The number of hydrogen-bond acceptors (Lipinski definition) is 6. The van der Waals surface area contributed by atoms with E-state index in [1.165, 1.54) is 29.8 Å². The van der Waals surface area contributed by atoms with Gasteiger partial charge in [-0.25, -0.2) is 4.98 Å². The second kappa shape index (κ2) is 8.70. The van der Waals surface area contributed by atoms with Gasteiger partial charge in [-0.3, -0.25) is 9.97 Å². The Morgan fingerprint density at radius 1 is 0.806 bits per heavy atom. The molecular formula is C25H26N6. The monoisotopic (exact) mass is 410 g/mol. The Hall–Kier alpha value is -3.51. The highest BCUT2D eigenvalue weighted by Gasteiger charge is 2.13. The number of fused-ring (bicyclic) bond motifs is 1. The minimum Gasteiger partial charge on any atom is -0.370 e. The molecular weight excluding hydrogens is 384 g/mol. The first-order valence-corrected chi connectivity index (χ1v) is 10.7. The lowest BCUT2D eigenvalue weighted by Gasteiger charge is -2.23. The van der Waals surface area contributed by atoms with Crippen LogP contribution < -0.4 is 10.2 Å². The molecule has 0 amide bonds. The van der Waals surface area contributed by atoms with Crippen LogP contribution in [0.15, 0.2) is 73.3 Å². The van der Waals surface area contributed by atoms with E-state index in [9.17, 15) is 0 Å². The molecule has 0 saturated carbocycles. The Balaban J connectivity index is 1.39. The summed E-state index contributed by atoms with van der Waals surface area (Å²) < 4.78 is 0. The zero-order valence-electron chi connectivity index (χ0n) is 17.7. The van der Waals surface area contributed by atoms with Crippen molar-refractivity contribution in [2.75, 3.05) is 43.4 Å². The molecule has 1 aliphatic rings. The van der Waals surface area contributed by atoms with E-state index in [1.807, 2.05) is 12.3 Å². The smallest absolute Gasteiger partial charge is 0.148 e. The first-order valence-electron chi connectivity index (χ1n) is 10.7. The molecule has 0 aliphatic carbocycles. The fourth-order valence-electron chi connectivity index (χ4n) is 4.11. The van der Waals surface area contributed by atoms with Crippen LogP contribution in [0.3, 0.4) is 0 Å². The first-order chi connectivity index (χ1) is 15.3. The number of pyridine rings is 1. The molecule has 2 aromatic heterocycles.